The lowest BCUT2D eigenvalue weighted by Gasteiger charge is -2.44. The molecule has 0 aromatic rings. The minimum Gasteiger partial charge on any atom is -0.444 e. The average molecular weight is 299 g/mol. The van der Waals surface area contributed by atoms with E-state index in [1.807, 2.05) is 25.7 Å². The Morgan fingerprint density at radius 2 is 2.19 bits per heavy atom. The molecule has 0 saturated carbocycles. The molecule has 1 fully saturated rings. The lowest BCUT2D eigenvalue weighted by atomic mass is 9.91. The van der Waals surface area contributed by atoms with Crippen LogP contribution in [0.25, 0.3) is 0 Å². The second-order valence-corrected chi connectivity index (χ2v) is 6.82. The standard InChI is InChI=1S/C16H26FNO3/c1-16(2,3)21-15(19)18-13-8-12(6-4-5-7-17)9-14(18)11-20-10-13/h8,13-14H,4-7,9-11H2,1-3H3. The first-order chi connectivity index (χ1) is 9.90. The Labute approximate surface area is 126 Å². The lowest BCUT2D eigenvalue weighted by molar-refractivity contribution is -0.0538. The third kappa shape index (κ3) is 4.43. The monoisotopic (exact) mass is 299 g/mol. The van der Waals surface area contributed by atoms with Crippen LogP contribution in [0.2, 0.25) is 0 Å². The number of halogens is 1. The molecule has 0 aliphatic carbocycles. The van der Waals surface area contributed by atoms with Crippen molar-refractivity contribution in [2.45, 2.75) is 64.1 Å². The summed E-state index contributed by atoms with van der Waals surface area (Å²) in [7, 11) is 0. The van der Waals surface area contributed by atoms with Crippen LogP contribution in [0.5, 0.6) is 0 Å². The fourth-order valence-corrected chi connectivity index (χ4v) is 2.92. The summed E-state index contributed by atoms with van der Waals surface area (Å²) < 4.78 is 23.3. The van der Waals surface area contributed by atoms with Gasteiger partial charge in [-0.2, -0.15) is 0 Å². The highest BCUT2D eigenvalue weighted by Gasteiger charge is 2.39. The summed E-state index contributed by atoms with van der Waals surface area (Å²) in [6.07, 6.45) is 5.05. The molecule has 4 nitrogen and oxygen atoms in total. The number of morpholine rings is 1. The summed E-state index contributed by atoms with van der Waals surface area (Å²) in [5.41, 5.74) is 0.832. The molecule has 2 aliphatic rings. The Balaban J connectivity index is 2.03. The number of nitrogens with zero attached hydrogens (tertiary/aromatic N) is 1. The quantitative estimate of drug-likeness (QED) is 0.589. The van der Waals surface area contributed by atoms with Gasteiger partial charge in [-0.1, -0.05) is 11.6 Å². The number of unbranched alkanes of at least 4 members (excludes halogenated alkanes) is 1. The summed E-state index contributed by atoms with van der Waals surface area (Å²) in [5.74, 6) is 0. The van der Waals surface area contributed by atoms with Crippen LogP contribution in [0.15, 0.2) is 11.6 Å². The van der Waals surface area contributed by atoms with Gasteiger partial charge < -0.3 is 9.47 Å². The zero-order valence-corrected chi connectivity index (χ0v) is 13.2. The van der Waals surface area contributed by atoms with E-state index in [9.17, 15) is 9.18 Å². The van der Waals surface area contributed by atoms with Gasteiger partial charge in [-0.15, -0.1) is 0 Å². The molecule has 21 heavy (non-hydrogen) atoms. The van der Waals surface area contributed by atoms with Crippen LogP contribution in [0.4, 0.5) is 9.18 Å². The fourth-order valence-electron chi connectivity index (χ4n) is 2.92. The molecule has 5 heteroatoms. The van der Waals surface area contributed by atoms with Gasteiger partial charge in [-0.05, 0) is 46.5 Å². The van der Waals surface area contributed by atoms with Crippen LogP contribution in [-0.4, -0.2) is 48.6 Å². The van der Waals surface area contributed by atoms with Crippen LogP contribution in [0.1, 0.15) is 46.5 Å². The topological polar surface area (TPSA) is 38.8 Å². The van der Waals surface area contributed by atoms with Crippen molar-refractivity contribution in [3.63, 3.8) is 0 Å². The highest BCUT2D eigenvalue weighted by Crippen LogP contribution is 2.30. The molecule has 0 aromatic heterocycles. The number of ether oxygens (including phenoxy) is 2. The molecular weight excluding hydrogens is 273 g/mol. The molecule has 0 spiro atoms. The van der Waals surface area contributed by atoms with Crippen LogP contribution in [0, 0.1) is 0 Å². The minimum atomic E-state index is -0.489. The molecule has 1 saturated heterocycles. The van der Waals surface area contributed by atoms with E-state index in [4.69, 9.17) is 9.47 Å². The minimum absolute atomic E-state index is 0.0453. The number of amides is 1. The normalized spacial score (nSPS) is 25.5. The molecule has 2 rings (SSSR count). The highest BCUT2D eigenvalue weighted by atomic mass is 19.1. The molecule has 0 radical (unpaired) electrons. The van der Waals surface area contributed by atoms with Gasteiger partial charge >= 0.3 is 6.09 Å². The maximum Gasteiger partial charge on any atom is 0.411 e. The number of rotatable bonds is 4. The van der Waals surface area contributed by atoms with E-state index < -0.39 is 5.60 Å². The van der Waals surface area contributed by atoms with Crippen molar-refractivity contribution in [3.05, 3.63) is 11.6 Å². The summed E-state index contributed by atoms with van der Waals surface area (Å²) in [6, 6.07) is -0.00305. The first kappa shape index (κ1) is 16.3. The molecule has 2 heterocycles. The van der Waals surface area contributed by atoms with Gasteiger partial charge in [-0.25, -0.2) is 4.79 Å². The first-order valence-corrected chi connectivity index (χ1v) is 7.75. The van der Waals surface area contributed by atoms with E-state index in [1.54, 1.807) is 0 Å². The summed E-state index contributed by atoms with van der Waals surface area (Å²) >= 11 is 0. The summed E-state index contributed by atoms with van der Waals surface area (Å²) in [5, 5.41) is 0. The third-order valence-corrected chi connectivity index (χ3v) is 3.76. The zero-order valence-electron chi connectivity index (χ0n) is 13.2. The molecule has 0 N–H and O–H groups in total. The summed E-state index contributed by atoms with van der Waals surface area (Å²) in [4.78, 5) is 14.2. The predicted molar refractivity (Wildman–Crippen MR) is 79.0 cm³/mol. The molecule has 120 valence electrons. The maximum atomic E-state index is 12.4. The largest absolute Gasteiger partial charge is 0.444 e. The summed E-state index contributed by atoms with van der Waals surface area (Å²) in [6.45, 7) is 6.43. The molecule has 2 unspecified atom stereocenters. The van der Waals surface area contributed by atoms with Crippen LogP contribution in [0.3, 0.4) is 0 Å². The first-order valence-electron chi connectivity index (χ1n) is 7.75. The fraction of sp³-hybridized carbons (Fsp3) is 0.812. The Morgan fingerprint density at radius 3 is 2.81 bits per heavy atom. The van der Waals surface area contributed by atoms with Gasteiger partial charge in [0, 0.05) is 0 Å². The van der Waals surface area contributed by atoms with E-state index in [1.165, 1.54) is 5.57 Å². The van der Waals surface area contributed by atoms with Crippen molar-refractivity contribution in [1.29, 1.82) is 0 Å². The zero-order chi connectivity index (χ0) is 15.5. The van der Waals surface area contributed by atoms with Gasteiger partial charge in [0.2, 0.25) is 0 Å². The average Bonchev–Trinajstić information content (AvgIpc) is 2.35. The Hall–Kier alpha value is -1.10. The number of alkyl halides is 1. The Bertz CT molecular complexity index is 403. The molecule has 2 bridgehead atoms. The molecule has 2 aliphatic heterocycles. The van der Waals surface area contributed by atoms with Gasteiger partial charge in [0.25, 0.3) is 0 Å². The molecular formula is C16H26FNO3. The van der Waals surface area contributed by atoms with E-state index in [-0.39, 0.29) is 24.9 Å². The van der Waals surface area contributed by atoms with Crippen LogP contribution < -0.4 is 0 Å². The van der Waals surface area contributed by atoms with Crippen LogP contribution in [-0.2, 0) is 9.47 Å². The van der Waals surface area contributed by atoms with Gasteiger partial charge in [0.1, 0.15) is 5.60 Å². The molecule has 0 aromatic carbocycles. The van der Waals surface area contributed by atoms with Gasteiger partial charge in [-0.3, -0.25) is 9.29 Å². The predicted octanol–water partition coefficient (Wildman–Crippen LogP) is 3.46. The SMILES string of the molecule is CC(C)(C)OC(=O)N1C2C=C(CCCCF)CC1COC2. The number of carbonyl (C=O) groups is 1. The Morgan fingerprint density at radius 1 is 1.43 bits per heavy atom. The van der Waals surface area contributed by atoms with E-state index in [0.29, 0.717) is 19.6 Å². The number of carbonyl (C=O) groups excluding carboxylic acids is 1. The van der Waals surface area contributed by atoms with Crippen LogP contribution >= 0.6 is 0 Å². The van der Waals surface area contributed by atoms with Crippen molar-refractivity contribution in [2.75, 3.05) is 19.9 Å². The molecule has 1 amide bonds. The lowest BCUT2D eigenvalue weighted by Crippen LogP contribution is -2.57. The van der Waals surface area contributed by atoms with Crippen molar-refractivity contribution in [3.8, 4) is 0 Å². The Kier molecular flexibility index (Phi) is 5.25. The molecule has 2 atom stereocenters. The van der Waals surface area contributed by atoms with E-state index in [2.05, 4.69) is 6.08 Å². The number of fused-ring (bicyclic) bond motifs is 2. The van der Waals surface area contributed by atoms with Gasteiger partial charge in [0.05, 0.1) is 32.0 Å². The number of hydrogen-bond donors (Lipinski definition) is 0. The van der Waals surface area contributed by atoms with E-state index >= 15 is 0 Å². The van der Waals surface area contributed by atoms with Crippen molar-refractivity contribution < 1.29 is 18.7 Å². The second kappa shape index (κ2) is 6.77. The number of hydrogen-bond acceptors (Lipinski definition) is 3. The van der Waals surface area contributed by atoms with Gasteiger partial charge in [0.15, 0.2) is 0 Å². The van der Waals surface area contributed by atoms with Crippen molar-refractivity contribution in [2.24, 2.45) is 0 Å². The van der Waals surface area contributed by atoms with E-state index in [0.717, 1.165) is 19.3 Å². The maximum absolute atomic E-state index is 12.4. The highest BCUT2D eigenvalue weighted by molar-refractivity contribution is 5.70. The van der Waals surface area contributed by atoms with Crippen molar-refractivity contribution in [1.82, 2.24) is 4.90 Å². The smallest absolute Gasteiger partial charge is 0.411 e. The third-order valence-electron chi connectivity index (χ3n) is 3.76. The second-order valence-electron chi connectivity index (χ2n) is 6.82. The van der Waals surface area contributed by atoms with Crippen molar-refractivity contribution >= 4 is 6.09 Å².